The second-order valence-corrected chi connectivity index (χ2v) is 5.17. The molecule has 0 radical (unpaired) electrons. The molecule has 16 heavy (non-hydrogen) atoms. The molecule has 1 heterocycles. The summed E-state index contributed by atoms with van der Waals surface area (Å²) in [5.41, 5.74) is 0. The molecular formula is C12H21N2NaO. The topological polar surface area (TPSA) is 34.4 Å². The molecule has 2 fully saturated rings. The van der Waals surface area contributed by atoms with Crippen molar-refractivity contribution in [1.29, 1.82) is 0 Å². The van der Waals surface area contributed by atoms with Crippen LogP contribution in [-0.2, 0) is 0 Å². The van der Waals surface area contributed by atoms with Crippen LogP contribution >= 0.6 is 0 Å². The summed E-state index contributed by atoms with van der Waals surface area (Å²) in [5.74, 6) is 0.488. The fraction of sp³-hybridized carbons (Fsp3) is 0.917. The third-order valence-corrected chi connectivity index (χ3v) is 3.69. The Morgan fingerprint density at radius 1 is 1.25 bits per heavy atom. The van der Waals surface area contributed by atoms with Gasteiger partial charge in [0.2, 0.25) is 0 Å². The molecule has 3 nitrogen and oxygen atoms in total. The van der Waals surface area contributed by atoms with Crippen molar-refractivity contribution in [3.63, 3.8) is 0 Å². The zero-order valence-corrected chi connectivity index (χ0v) is 12.8. The van der Waals surface area contributed by atoms with E-state index in [9.17, 15) is 4.79 Å². The summed E-state index contributed by atoms with van der Waals surface area (Å²) in [6, 6.07) is 0.763. The van der Waals surface area contributed by atoms with Crippen LogP contribution in [0.2, 0.25) is 0 Å². The molecule has 0 aromatic heterocycles. The summed E-state index contributed by atoms with van der Waals surface area (Å²) in [6.07, 6.45) is 6.27. The number of carbonyl (C=O) groups excluding carboxylic acids is 1. The van der Waals surface area contributed by atoms with E-state index in [-0.39, 0.29) is 41.6 Å². The zero-order valence-electron chi connectivity index (χ0n) is 10.8. The van der Waals surface area contributed by atoms with Crippen LogP contribution in [0.25, 0.3) is 5.32 Å². The minimum absolute atomic E-state index is 0. The summed E-state index contributed by atoms with van der Waals surface area (Å²) in [6.45, 7) is 5.15. The van der Waals surface area contributed by atoms with Gasteiger partial charge in [0, 0.05) is 0 Å². The van der Waals surface area contributed by atoms with Gasteiger partial charge in [-0.1, -0.05) is 46.0 Å². The van der Waals surface area contributed by atoms with Crippen molar-refractivity contribution in [2.75, 3.05) is 6.54 Å². The second-order valence-electron chi connectivity index (χ2n) is 5.17. The fourth-order valence-corrected chi connectivity index (χ4v) is 2.59. The molecule has 0 aromatic carbocycles. The molecule has 0 bridgehead atoms. The van der Waals surface area contributed by atoms with Gasteiger partial charge in [0.1, 0.15) is 0 Å². The molecule has 2 aliphatic rings. The van der Waals surface area contributed by atoms with Crippen LogP contribution in [0.4, 0.5) is 4.79 Å². The van der Waals surface area contributed by atoms with Gasteiger partial charge in [-0.3, -0.25) is 4.79 Å². The number of carbonyl (C=O) groups is 1. The second kappa shape index (κ2) is 6.27. The van der Waals surface area contributed by atoms with E-state index in [0.717, 1.165) is 6.54 Å². The van der Waals surface area contributed by atoms with Gasteiger partial charge < -0.3 is 10.2 Å². The number of amides is 2. The quantitative estimate of drug-likeness (QED) is 0.624. The Morgan fingerprint density at radius 3 is 2.38 bits per heavy atom. The van der Waals surface area contributed by atoms with Crippen LogP contribution in [-0.4, -0.2) is 29.6 Å². The Kier molecular flexibility index (Phi) is 5.62. The molecule has 0 spiro atoms. The largest absolute Gasteiger partial charge is 1.00 e. The van der Waals surface area contributed by atoms with Crippen LogP contribution in [0.1, 0.15) is 46.0 Å². The Labute approximate surface area is 121 Å². The first-order chi connectivity index (χ1) is 7.18. The standard InChI is InChI=1S/C12H22N2O.Na/c1-9(2)11-8-14(12(15)13-11)10-6-4-3-5-7-10;/h9-11H,3-8H2,1-2H3,(H,13,15);/q;+1/p-1/t11-;/m1./s1. The maximum absolute atomic E-state index is 11.7. The van der Waals surface area contributed by atoms with Crippen molar-refractivity contribution in [3.8, 4) is 0 Å². The molecule has 86 valence electrons. The van der Waals surface area contributed by atoms with E-state index in [0.29, 0.717) is 12.0 Å². The molecule has 2 amide bonds. The monoisotopic (exact) mass is 232 g/mol. The molecule has 4 heteroatoms. The average molecular weight is 232 g/mol. The first-order valence-electron chi connectivity index (χ1n) is 6.20. The Hall–Kier alpha value is 0.270. The van der Waals surface area contributed by atoms with Gasteiger partial charge in [-0.05, 0) is 24.5 Å². The normalized spacial score (nSPS) is 26.8. The summed E-state index contributed by atoms with van der Waals surface area (Å²) in [4.78, 5) is 13.8. The fourth-order valence-electron chi connectivity index (χ4n) is 2.59. The first-order valence-corrected chi connectivity index (χ1v) is 6.20. The van der Waals surface area contributed by atoms with Gasteiger partial charge in [0.15, 0.2) is 6.03 Å². The van der Waals surface area contributed by atoms with Gasteiger partial charge in [0.05, 0.1) is 0 Å². The van der Waals surface area contributed by atoms with E-state index in [1.165, 1.54) is 32.1 Å². The van der Waals surface area contributed by atoms with Crippen molar-refractivity contribution < 1.29 is 34.4 Å². The number of hydrogen-bond acceptors (Lipinski definition) is 1. The molecule has 1 aliphatic carbocycles. The molecule has 0 aromatic rings. The maximum atomic E-state index is 11.7. The smallest absolute Gasteiger partial charge is 0.433 e. The molecule has 1 saturated heterocycles. The van der Waals surface area contributed by atoms with Crippen LogP contribution in [0.5, 0.6) is 0 Å². The molecule has 0 N–H and O–H groups in total. The minimum atomic E-state index is 0. The van der Waals surface area contributed by atoms with E-state index >= 15 is 0 Å². The summed E-state index contributed by atoms with van der Waals surface area (Å²) in [5, 5.41) is 4.23. The van der Waals surface area contributed by atoms with E-state index < -0.39 is 0 Å². The van der Waals surface area contributed by atoms with E-state index in [1.807, 2.05) is 4.90 Å². The summed E-state index contributed by atoms with van der Waals surface area (Å²) in [7, 11) is 0. The van der Waals surface area contributed by atoms with E-state index in [4.69, 9.17) is 0 Å². The predicted molar refractivity (Wildman–Crippen MR) is 61.0 cm³/mol. The SMILES string of the molecule is CC(C)[C@H]1CN(C2CCCCC2)C(=O)[N-]1.[Na+]. The van der Waals surface area contributed by atoms with Crippen LogP contribution in [0.3, 0.4) is 0 Å². The van der Waals surface area contributed by atoms with Crippen molar-refractivity contribution in [1.82, 2.24) is 4.90 Å². The predicted octanol–water partition coefficient (Wildman–Crippen LogP) is 0.157. The Bertz CT molecular complexity index is 239. The maximum Gasteiger partial charge on any atom is 1.00 e. The van der Waals surface area contributed by atoms with Crippen LogP contribution in [0.15, 0.2) is 0 Å². The average Bonchev–Trinajstić information content (AvgIpc) is 2.62. The third-order valence-electron chi connectivity index (χ3n) is 3.69. The van der Waals surface area contributed by atoms with Crippen molar-refractivity contribution in [3.05, 3.63) is 5.32 Å². The minimum Gasteiger partial charge on any atom is -0.433 e. The van der Waals surface area contributed by atoms with Crippen LogP contribution in [0, 0.1) is 5.92 Å². The van der Waals surface area contributed by atoms with Gasteiger partial charge in [-0.25, -0.2) is 0 Å². The van der Waals surface area contributed by atoms with E-state index in [1.54, 1.807) is 0 Å². The molecule has 0 unspecified atom stereocenters. The summed E-state index contributed by atoms with van der Waals surface area (Å²) >= 11 is 0. The molecule has 1 saturated carbocycles. The summed E-state index contributed by atoms with van der Waals surface area (Å²) < 4.78 is 0. The van der Waals surface area contributed by atoms with Gasteiger partial charge in [-0.15, -0.1) is 0 Å². The Balaban J connectivity index is 0.00000128. The van der Waals surface area contributed by atoms with Gasteiger partial charge in [0.25, 0.3) is 0 Å². The number of rotatable bonds is 2. The number of hydrogen-bond donors (Lipinski definition) is 0. The molecular weight excluding hydrogens is 211 g/mol. The molecule has 2 rings (SSSR count). The zero-order chi connectivity index (χ0) is 10.8. The Morgan fingerprint density at radius 2 is 1.88 bits per heavy atom. The number of urea groups is 1. The third kappa shape index (κ3) is 3.14. The van der Waals surface area contributed by atoms with Gasteiger partial charge >= 0.3 is 29.6 Å². The van der Waals surface area contributed by atoms with E-state index in [2.05, 4.69) is 19.2 Å². The van der Waals surface area contributed by atoms with Crippen LogP contribution < -0.4 is 29.6 Å². The first kappa shape index (κ1) is 14.3. The molecule has 1 aliphatic heterocycles. The van der Waals surface area contributed by atoms with Crippen molar-refractivity contribution in [2.45, 2.75) is 58.0 Å². The number of nitrogens with zero attached hydrogens (tertiary/aromatic N) is 2. The van der Waals surface area contributed by atoms with Crippen molar-refractivity contribution in [2.24, 2.45) is 5.92 Å². The van der Waals surface area contributed by atoms with Gasteiger partial charge in [-0.2, -0.15) is 0 Å². The molecule has 1 atom stereocenters. The van der Waals surface area contributed by atoms with Crippen molar-refractivity contribution >= 4 is 6.03 Å².